The number of aliphatic carboxylic acids is 1. The SMILES string of the molecule is CCc1nnc(NC(=O)N(CC)C2COCC2C(=O)O)s1. The summed E-state index contributed by atoms with van der Waals surface area (Å²) in [5.74, 6) is -1.65. The molecule has 2 unspecified atom stereocenters. The molecule has 0 spiro atoms. The van der Waals surface area contributed by atoms with Crippen LogP contribution >= 0.6 is 11.3 Å². The van der Waals surface area contributed by atoms with E-state index in [0.29, 0.717) is 11.7 Å². The molecule has 1 saturated heterocycles. The summed E-state index contributed by atoms with van der Waals surface area (Å²) < 4.78 is 5.21. The van der Waals surface area contributed by atoms with Gasteiger partial charge in [-0.05, 0) is 13.3 Å². The Morgan fingerprint density at radius 1 is 1.43 bits per heavy atom. The number of nitrogens with zero attached hydrogens (tertiary/aromatic N) is 3. The molecule has 2 heterocycles. The minimum Gasteiger partial charge on any atom is -0.481 e. The first-order valence-electron chi connectivity index (χ1n) is 6.77. The molecule has 1 aliphatic rings. The normalized spacial score (nSPS) is 21.2. The van der Waals surface area contributed by atoms with Gasteiger partial charge in [0.25, 0.3) is 0 Å². The summed E-state index contributed by atoms with van der Waals surface area (Å²) in [5.41, 5.74) is 0. The largest absolute Gasteiger partial charge is 0.481 e. The van der Waals surface area contributed by atoms with Crippen LogP contribution in [0.1, 0.15) is 18.9 Å². The number of hydrogen-bond acceptors (Lipinski definition) is 6. The Morgan fingerprint density at radius 2 is 2.19 bits per heavy atom. The van der Waals surface area contributed by atoms with Crippen LogP contribution in [-0.2, 0) is 16.0 Å². The Balaban J connectivity index is 2.06. The van der Waals surface area contributed by atoms with Crippen LogP contribution in [-0.4, -0.2) is 58.0 Å². The summed E-state index contributed by atoms with van der Waals surface area (Å²) in [6.07, 6.45) is 0.753. The van der Waals surface area contributed by atoms with Crippen molar-refractivity contribution in [1.29, 1.82) is 0 Å². The standard InChI is InChI=1S/C12H18N4O4S/c1-3-9-14-15-11(21-9)13-12(19)16(4-2)8-6-20-5-7(8)10(17)18/h7-8H,3-6H2,1-2H3,(H,17,18)(H,13,15,19). The Bertz CT molecular complexity index is 521. The van der Waals surface area contributed by atoms with E-state index in [0.717, 1.165) is 11.4 Å². The van der Waals surface area contributed by atoms with Crippen molar-refractivity contribution in [3.63, 3.8) is 0 Å². The highest BCUT2D eigenvalue weighted by Gasteiger charge is 2.39. The van der Waals surface area contributed by atoms with Gasteiger partial charge >= 0.3 is 12.0 Å². The van der Waals surface area contributed by atoms with E-state index >= 15 is 0 Å². The number of carboxylic acids is 1. The fourth-order valence-electron chi connectivity index (χ4n) is 2.23. The molecule has 116 valence electrons. The molecular weight excluding hydrogens is 296 g/mol. The highest BCUT2D eigenvalue weighted by molar-refractivity contribution is 7.15. The number of hydrogen-bond donors (Lipinski definition) is 2. The number of aryl methyl sites for hydroxylation is 1. The molecule has 1 fully saturated rings. The maximum absolute atomic E-state index is 12.3. The van der Waals surface area contributed by atoms with Gasteiger partial charge in [0.1, 0.15) is 10.9 Å². The van der Waals surface area contributed by atoms with Gasteiger partial charge in [0, 0.05) is 6.54 Å². The second kappa shape index (κ2) is 6.81. The lowest BCUT2D eigenvalue weighted by molar-refractivity contribution is -0.142. The van der Waals surface area contributed by atoms with Gasteiger partial charge in [-0.2, -0.15) is 0 Å². The van der Waals surface area contributed by atoms with Crippen molar-refractivity contribution in [2.45, 2.75) is 26.3 Å². The minimum atomic E-state index is -0.951. The van der Waals surface area contributed by atoms with E-state index in [1.165, 1.54) is 16.2 Å². The number of carbonyl (C=O) groups excluding carboxylic acids is 1. The van der Waals surface area contributed by atoms with E-state index in [1.54, 1.807) is 6.92 Å². The van der Waals surface area contributed by atoms with Gasteiger partial charge in [-0.15, -0.1) is 10.2 Å². The van der Waals surface area contributed by atoms with Gasteiger partial charge in [-0.3, -0.25) is 10.1 Å². The molecule has 1 aromatic heterocycles. The summed E-state index contributed by atoms with van der Waals surface area (Å²) >= 11 is 1.31. The van der Waals surface area contributed by atoms with Crippen molar-refractivity contribution >= 4 is 28.5 Å². The summed E-state index contributed by atoms with van der Waals surface area (Å²) in [6.45, 7) is 4.51. The monoisotopic (exact) mass is 314 g/mol. The fourth-order valence-corrected chi connectivity index (χ4v) is 2.89. The maximum Gasteiger partial charge on any atom is 0.324 e. The predicted molar refractivity (Wildman–Crippen MR) is 76.4 cm³/mol. The third kappa shape index (κ3) is 3.48. The average Bonchev–Trinajstić information content (AvgIpc) is 3.08. The number of anilines is 1. The molecule has 0 saturated carbocycles. The zero-order valence-electron chi connectivity index (χ0n) is 11.9. The predicted octanol–water partition coefficient (Wildman–Crippen LogP) is 1.05. The Morgan fingerprint density at radius 3 is 2.76 bits per heavy atom. The molecule has 21 heavy (non-hydrogen) atoms. The number of nitrogens with one attached hydrogen (secondary N) is 1. The molecule has 8 nitrogen and oxygen atoms in total. The lowest BCUT2D eigenvalue weighted by Crippen LogP contribution is -2.48. The van der Waals surface area contributed by atoms with Crippen molar-refractivity contribution in [2.75, 3.05) is 25.1 Å². The summed E-state index contributed by atoms with van der Waals surface area (Å²) in [7, 11) is 0. The van der Waals surface area contributed by atoms with Gasteiger partial charge in [0.15, 0.2) is 0 Å². The molecule has 2 atom stereocenters. The summed E-state index contributed by atoms with van der Waals surface area (Å²) in [6, 6.07) is -0.843. The van der Waals surface area contributed by atoms with E-state index in [4.69, 9.17) is 4.74 Å². The topological polar surface area (TPSA) is 105 Å². The van der Waals surface area contributed by atoms with Crippen molar-refractivity contribution in [3.8, 4) is 0 Å². The van der Waals surface area contributed by atoms with Crippen LogP contribution < -0.4 is 5.32 Å². The third-order valence-corrected chi connectivity index (χ3v) is 4.34. The zero-order valence-corrected chi connectivity index (χ0v) is 12.7. The maximum atomic E-state index is 12.3. The lowest BCUT2D eigenvalue weighted by atomic mass is 10.0. The van der Waals surface area contributed by atoms with Crippen molar-refractivity contribution in [3.05, 3.63) is 5.01 Å². The number of carbonyl (C=O) groups is 2. The van der Waals surface area contributed by atoms with Crippen LogP contribution in [0, 0.1) is 5.92 Å². The number of urea groups is 1. The van der Waals surface area contributed by atoms with Crippen LogP contribution in [0.4, 0.5) is 9.93 Å². The molecule has 2 rings (SSSR count). The molecule has 0 aliphatic carbocycles. The molecule has 2 amide bonds. The molecule has 0 aromatic carbocycles. The molecule has 2 N–H and O–H groups in total. The first kappa shape index (κ1) is 15.6. The number of rotatable bonds is 5. The van der Waals surface area contributed by atoms with Gasteiger partial charge in [0.2, 0.25) is 5.13 Å². The third-order valence-electron chi connectivity index (χ3n) is 3.35. The number of amides is 2. The van der Waals surface area contributed by atoms with E-state index in [-0.39, 0.29) is 19.2 Å². The molecular formula is C12H18N4O4S. The summed E-state index contributed by atoms with van der Waals surface area (Å²) in [4.78, 5) is 25.0. The van der Waals surface area contributed by atoms with Crippen molar-refractivity contribution in [1.82, 2.24) is 15.1 Å². The molecule has 9 heteroatoms. The highest BCUT2D eigenvalue weighted by atomic mass is 32.1. The number of carboxylic acid groups (broad SMARTS) is 1. The van der Waals surface area contributed by atoms with Crippen LogP contribution in [0.15, 0.2) is 0 Å². The van der Waals surface area contributed by atoms with Gasteiger partial charge in [0.05, 0.1) is 19.3 Å². The minimum absolute atomic E-state index is 0.128. The van der Waals surface area contributed by atoms with Crippen LogP contribution in [0.25, 0.3) is 0 Å². The second-order valence-corrected chi connectivity index (χ2v) is 5.68. The second-order valence-electron chi connectivity index (χ2n) is 4.62. The Hall–Kier alpha value is -1.74. The molecule has 0 bridgehead atoms. The quantitative estimate of drug-likeness (QED) is 0.842. The van der Waals surface area contributed by atoms with Crippen molar-refractivity contribution < 1.29 is 19.4 Å². The van der Waals surface area contributed by atoms with E-state index in [1.807, 2.05) is 6.92 Å². The van der Waals surface area contributed by atoms with Crippen LogP contribution in [0.5, 0.6) is 0 Å². The summed E-state index contributed by atoms with van der Waals surface area (Å²) in [5, 5.41) is 20.9. The first-order chi connectivity index (χ1) is 10.1. The fraction of sp³-hybridized carbons (Fsp3) is 0.667. The van der Waals surface area contributed by atoms with E-state index < -0.39 is 17.9 Å². The zero-order chi connectivity index (χ0) is 15.4. The van der Waals surface area contributed by atoms with E-state index in [2.05, 4.69) is 15.5 Å². The Kier molecular flexibility index (Phi) is 5.07. The molecule has 0 radical (unpaired) electrons. The van der Waals surface area contributed by atoms with Gasteiger partial charge in [-0.1, -0.05) is 18.3 Å². The van der Waals surface area contributed by atoms with Gasteiger partial charge in [-0.25, -0.2) is 4.79 Å². The van der Waals surface area contributed by atoms with Crippen LogP contribution in [0.2, 0.25) is 0 Å². The average molecular weight is 314 g/mol. The molecule has 1 aromatic rings. The van der Waals surface area contributed by atoms with E-state index in [9.17, 15) is 14.7 Å². The number of ether oxygens (including phenoxy) is 1. The smallest absolute Gasteiger partial charge is 0.324 e. The van der Waals surface area contributed by atoms with Crippen LogP contribution in [0.3, 0.4) is 0 Å². The number of aromatic nitrogens is 2. The van der Waals surface area contributed by atoms with Crippen molar-refractivity contribution in [2.24, 2.45) is 5.92 Å². The first-order valence-corrected chi connectivity index (χ1v) is 7.59. The van der Waals surface area contributed by atoms with Gasteiger partial charge < -0.3 is 14.7 Å². The highest BCUT2D eigenvalue weighted by Crippen LogP contribution is 2.22. The number of likely N-dealkylation sites (N-methyl/N-ethyl adjacent to an activating group) is 1. The Labute approximate surface area is 126 Å². The lowest BCUT2D eigenvalue weighted by Gasteiger charge is -2.28. The molecule has 1 aliphatic heterocycles.